The predicted octanol–water partition coefficient (Wildman–Crippen LogP) is 0.640. The molecule has 3 aromatic heterocycles. The number of pyridine rings is 1. The molecule has 3 heterocycles. The number of nitrogens with zero attached hydrogens (tertiary/aromatic N) is 6. The number of nitriles is 1. The summed E-state index contributed by atoms with van der Waals surface area (Å²) in [6.07, 6.45) is 4.69. The number of hydrogen-bond acceptors (Lipinski definition) is 6. The number of hydrogen-bond donors (Lipinski definition) is 1. The highest BCUT2D eigenvalue weighted by molar-refractivity contribution is 5.59. The van der Waals surface area contributed by atoms with E-state index in [1.807, 2.05) is 6.07 Å². The van der Waals surface area contributed by atoms with Gasteiger partial charge in [0, 0.05) is 18.0 Å². The number of aromatic nitrogens is 5. The molecule has 0 atom stereocenters. The highest BCUT2D eigenvalue weighted by Crippen LogP contribution is 2.17. The van der Waals surface area contributed by atoms with Gasteiger partial charge in [-0.25, -0.2) is 4.98 Å². The smallest absolute Gasteiger partial charge is 0.254 e. The Kier molecular flexibility index (Phi) is 2.13. The van der Waals surface area contributed by atoms with Crippen molar-refractivity contribution in [1.29, 1.82) is 5.26 Å². The average molecular weight is 237 g/mol. The van der Waals surface area contributed by atoms with Gasteiger partial charge in [-0.05, 0) is 12.1 Å². The van der Waals surface area contributed by atoms with Gasteiger partial charge in [-0.1, -0.05) is 0 Å². The molecule has 0 radical (unpaired) electrons. The first-order valence-electron chi connectivity index (χ1n) is 5.11. The zero-order valence-electron chi connectivity index (χ0n) is 9.15. The Balaban J connectivity index is 2.24. The van der Waals surface area contributed by atoms with Crippen LogP contribution in [0.15, 0.2) is 30.7 Å². The van der Waals surface area contributed by atoms with E-state index in [1.54, 1.807) is 24.5 Å². The summed E-state index contributed by atoms with van der Waals surface area (Å²) in [6, 6.07) is 5.53. The van der Waals surface area contributed by atoms with Gasteiger partial charge in [0.1, 0.15) is 17.5 Å². The second kappa shape index (κ2) is 3.78. The van der Waals surface area contributed by atoms with E-state index in [9.17, 15) is 0 Å². The molecule has 0 aliphatic rings. The van der Waals surface area contributed by atoms with Crippen molar-refractivity contribution in [3.05, 3.63) is 36.3 Å². The molecule has 0 bridgehead atoms. The molecule has 0 aliphatic carbocycles. The number of rotatable bonds is 1. The first-order chi connectivity index (χ1) is 8.79. The second-order valence-corrected chi connectivity index (χ2v) is 3.55. The summed E-state index contributed by atoms with van der Waals surface area (Å²) in [4.78, 5) is 12.2. The molecule has 3 rings (SSSR count). The van der Waals surface area contributed by atoms with Crippen molar-refractivity contribution < 1.29 is 0 Å². The lowest BCUT2D eigenvalue weighted by molar-refractivity contribution is 0.951. The van der Waals surface area contributed by atoms with Gasteiger partial charge in [-0.3, -0.25) is 4.98 Å². The van der Waals surface area contributed by atoms with Gasteiger partial charge >= 0.3 is 0 Å². The van der Waals surface area contributed by atoms with Gasteiger partial charge < -0.3 is 5.73 Å². The Labute approximate surface area is 102 Å². The third-order valence-corrected chi connectivity index (χ3v) is 2.46. The molecule has 0 aliphatic heterocycles. The normalized spacial score (nSPS) is 10.4. The lowest BCUT2D eigenvalue weighted by atomic mass is 10.3. The van der Waals surface area contributed by atoms with Crippen molar-refractivity contribution in [2.75, 3.05) is 5.73 Å². The van der Waals surface area contributed by atoms with Crippen LogP contribution in [-0.2, 0) is 0 Å². The van der Waals surface area contributed by atoms with Crippen LogP contribution in [0.2, 0.25) is 0 Å². The Bertz CT molecular complexity index is 754. The van der Waals surface area contributed by atoms with E-state index in [2.05, 4.69) is 20.1 Å². The maximum absolute atomic E-state index is 8.86. The molecular formula is C11H7N7. The minimum atomic E-state index is 0.232. The molecule has 0 unspecified atom stereocenters. The van der Waals surface area contributed by atoms with Crippen LogP contribution in [0.3, 0.4) is 0 Å². The second-order valence-electron chi connectivity index (χ2n) is 3.55. The molecule has 0 aromatic carbocycles. The van der Waals surface area contributed by atoms with E-state index in [0.29, 0.717) is 11.6 Å². The van der Waals surface area contributed by atoms with Crippen molar-refractivity contribution in [2.45, 2.75) is 0 Å². The van der Waals surface area contributed by atoms with E-state index in [-0.39, 0.29) is 11.4 Å². The SMILES string of the molecule is N#Cc1cnc2nc(-c3ccncc3)nn2c1N. The van der Waals surface area contributed by atoms with Crippen molar-refractivity contribution >= 4 is 11.6 Å². The Hall–Kier alpha value is -3.01. The molecule has 18 heavy (non-hydrogen) atoms. The maximum Gasteiger partial charge on any atom is 0.254 e. The molecule has 0 fully saturated rings. The van der Waals surface area contributed by atoms with Crippen LogP contribution in [-0.4, -0.2) is 24.6 Å². The summed E-state index contributed by atoms with van der Waals surface area (Å²) in [6.45, 7) is 0. The summed E-state index contributed by atoms with van der Waals surface area (Å²) in [7, 11) is 0. The fourth-order valence-electron chi connectivity index (χ4n) is 1.56. The quantitative estimate of drug-likeness (QED) is 0.665. The Morgan fingerprint density at radius 2 is 2.06 bits per heavy atom. The lowest BCUT2D eigenvalue weighted by Crippen LogP contribution is -2.03. The molecule has 3 aromatic rings. The van der Waals surface area contributed by atoms with Crippen molar-refractivity contribution in [3.8, 4) is 17.5 Å². The number of nitrogens with two attached hydrogens (primary N) is 1. The van der Waals surface area contributed by atoms with Crippen LogP contribution >= 0.6 is 0 Å². The highest BCUT2D eigenvalue weighted by atomic mass is 15.4. The molecule has 0 saturated carbocycles. The van der Waals surface area contributed by atoms with Crippen molar-refractivity contribution in [1.82, 2.24) is 24.6 Å². The fourth-order valence-corrected chi connectivity index (χ4v) is 1.56. The standard InChI is InChI=1S/C11H7N7/c12-5-8-6-15-11-16-10(17-18(11)9(8)13)7-1-3-14-4-2-7/h1-4,6H,13H2. The molecule has 7 nitrogen and oxygen atoms in total. The summed E-state index contributed by atoms with van der Waals surface area (Å²) in [5.41, 5.74) is 6.89. The van der Waals surface area contributed by atoms with Gasteiger partial charge in [0.15, 0.2) is 5.82 Å². The summed E-state index contributed by atoms with van der Waals surface area (Å²) in [5, 5.41) is 13.1. The third kappa shape index (κ3) is 1.44. The average Bonchev–Trinajstić information content (AvgIpc) is 2.85. The van der Waals surface area contributed by atoms with E-state index in [1.165, 1.54) is 10.7 Å². The highest BCUT2D eigenvalue weighted by Gasteiger charge is 2.11. The maximum atomic E-state index is 8.86. The van der Waals surface area contributed by atoms with Crippen LogP contribution in [0.1, 0.15) is 5.56 Å². The summed E-state index contributed by atoms with van der Waals surface area (Å²) in [5.74, 6) is 1.08. The van der Waals surface area contributed by atoms with E-state index in [0.717, 1.165) is 5.56 Å². The zero-order valence-corrected chi connectivity index (χ0v) is 9.15. The molecule has 2 N–H and O–H groups in total. The first kappa shape index (κ1) is 10.2. The summed E-state index contributed by atoms with van der Waals surface area (Å²) < 4.78 is 1.36. The van der Waals surface area contributed by atoms with Crippen molar-refractivity contribution in [2.24, 2.45) is 0 Å². The molecule has 86 valence electrons. The van der Waals surface area contributed by atoms with E-state index >= 15 is 0 Å². The first-order valence-corrected chi connectivity index (χ1v) is 5.11. The minimum absolute atomic E-state index is 0.232. The predicted molar refractivity (Wildman–Crippen MR) is 63.1 cm³/mol. The number of nitrogen functional groups attached to an aromatic ring is 1. The topological polar surface area (TPSA) is 106 Å². The molecule has 0 spiro atoms. The third-order valence-electron chi connectivity index (χ3n) is 2.46. The van der Waals surface area contributed by atoms with Gasteiger partial charge in [0.05, 0.1) is 6.20 Å². The fraction of sp³-hybridized carbons (Fsp3) is 0. The Morgan fingerprint density at radius 3 is 2.78 bits per heavy atom. The van der Waals surface area contributed by atoms with Gasteiger partial charge in [-0.2, -0.15) is 14.8 Å². The molecule has 0 saturated heterocycles. The lowest BCUT2D eigenvalue weighted by Gasteiger charge is -1.97. The number of fused-ring (bicyclic) bond motifs is 1. The van der Waals surface area contributed by atoms with Crippen LogP contribution in [0, 0.1) is 11.3 Å². The van der Waals surface area contributed by atoms with Crippen LogP contribution in [0.5, 0.6) is 0 Å². The molecule has 0 amide bonds. The Morgan fingerprint density at radius 1 is 1.28 bits per heavy atom. The van der Waals surface area contributed by atoms with Crippen molar-refractivity contribution in [3.63, 3.8) is 0 Å². The van der Waals surface area contributed by atoms with E-state index in [4.69, 9.17) is 11.0 Å². The largest absolute Gasteiger partial charge is 0.382 e. The van der Waals surface area contributed by atoms with Crippen LogP contribution < -0.4 is 5.73 Å². The minimum Gasteiger partial charge on any atom is -0.382 e. The van der Waals surface area contributed by atoms with Gasteiger partial charge in [-0.15, -0.1) is 5.10 Å². The van der Waals surface area contributed by atoms with Crippen LogP contribution in [0.25, 0.3) is 17.2 Å². The molecule has 7 heteroatoms. The number of anilines is 1. The van der Waals surface area contributed by atoms with Gasteiger partial charge in [0.2, 0.25) is 0 Å². The zero-order chi connectivity index (χ0) is 12.5. The van der Waals surface area contributed by atoms with E-state index < -0.39 is 0 Å². The monoisotopic (exact) mass is 237 g/mol. The molecular weight excluding hydrogens is 230 g/mol. The van der Waals surface area contributed by atoms with Crippen LogP contribution in [0.4, 0.5) is 5.82 Å². The van der Waals surface area contributed by atoms with Gasteiger partial charge in [0.25, 0.3) is 5.78 Å². The summed E-state index contributed by atoms with van der Waals surface area (Å²) >= 11 is 0.